The second-order valence-corrected chi connectivity index (χ2v) is 8.65. The van der Waals surface area contributed by atoms with Crippen molar-refractivity contribution in [2.45, 2.75) is 37.6 Å². The van der Waals surface area contributed by atoms with Gasteiger partial charge in [0.15, 0.2) is 0 Å². The summed E-state index contributed by atoms with van der Waals surface area (Å²) in [6.45, 7) is -0.705. The fourth-order valence-electron chi connectivity index (χ4n) is 2.96. The Labute approximate surface area is 187 Å². The van der Waals surface area contributed by atoms with E-state index in [2.05, 4.69) is 10.0 Å². The lowest BCUT2D eigenvalue weighted by molar-refractivity contribution is -0.120. The summed E-state index contributed by atoms with van der Waals surface area (Å²) in [7, 11) is -3.97. The highest BCUT2D eigenvalue weighted by Gasteiger charge is 2.37. The summed E-state index contributed by atoms with van der Waals surface area (Å²) in [5.74, 6) is 0. The first kappa shape index (κ1) is 25.8. The van der Waals surface area contributed by atoms with Gasteiger partial charge in [-0.3, -0.25) is 4.18 Å². The summed E-state index contributed by atoms with van der Waals surface area (Å²) < 4.78 is 39.5. The number of rotatable bonds is 14. The van der Waals surface area contributed by atoms with Gasteiger partial charge < -0.3 is 19.7 Å². The summed E-state index contributed by atoms with van der Waals surface area (Å²) in [4.78, 5) is 2.75. The SMILES string of the molecule is CS(=O)(=O)O[C@H](CO)[C@H](OCc1ccccc1)[C@H](O)[C@H](COCc1ccccc1)N=[N+]=[N-]. The number of azide groups is 1. The van der Waals surface area contributed by atoms with Crippen LogP contribution in [0.2, 0.25) is 0 Å². The summed E-state index contributed by atoms with van der Waals surface area (Å²) in [6.07, 6.45) is -3.45. The van der Waals surface area contributed by atoms with Crippen molar-refractivity contribution in [1.82, 2.24) is 0 Å². The predicted molar refractivity (Wildman–Crippen MR) is 117 cm³/mol. The van der Waals surface area contributed by atoms with E-state index in [9.17, 15) is 18.6 Å². The van der Waals surface area contributed by atoms with Crippen LogP contribution < -0.4 is 0 Å². The van der Waals surface area contributed by atoms with Crippen molar-refractivity contribution >= 4 is 10.1 Å². The van der Waals surface area contributed by atoms with Gasteiger partial charge in [-0.15, -0.1) is 0 Å². The zero-order valence-electron chi connectivity index (χ0n) is 17.6. The summed E-state index contributed by atoms with van der Waals surface area (Å²) in [5.41, 5.74) is 10.6. The van der Waals surface area contributed by atoms with Crippen molar-refractivity contribution in [3.63, 3.8) is 0 Å². The summed E-state index contributed by atoms with van der Waals surface area (Å²) in [6, 6.07) is 17.1. The van der Waals surface area contributed by atoms with E-state index in [1.165, 1.54) is 0 Å². The average Bonchev–Trinajstić information content (AvgIpc) is 2.78. The Morgan fingerprint density at radius 2 is 1.59 bits per heavy atom. The maximum absolute atomic E-state index is 11.6. The van der Waals surface area contributed by atoms with Crippen LogP contribution in [0.15, 0.2) is 65.8 Å². The van der Waals surface area contributed by atoms with Crippen LogP contribution in [0, 0.1) is 0 Å². The van der Waals surface area contributed by atoms with Gasteiger partial charge in [0, 0.05) is 4.91 Å². The number of hydrogen-bond donors (Lipinski definition) is 2. The van der Waals surface area contributed by atoms with E-state index >= 15 is 0 Å². The van der Waals surface area contributed by atoms with Crippen molar-refractivity contribution in [3.05, 3.63) is 82.2 Å². The van der Waals surface area contributed by atoms with E-state index in [4.69, 9.17) is 19.2 Å². The Hall–Kier alpha value is -2.50. The largest absolute Gasteiger partial charge is 0.394 e. The minimum Gasteiger partial charge on any atom is -0.394 e. The Morgan fingerprint density at radius 1 is 1.03 bits per heavy atom. The molecule has 2 aromatic rings. The predicted octanol–water partition coefficient (Wildman–Crippen LogP) is 2.17. The molecule has 174 valence electrons. The molecule has 0 unspecified atom stereocenters. The van der Waals surface area contributed by atoms with E-state index in [1.807, 2.05) is 36.4 Å². The topological polar surface area (TPSA) is 151 Å². The van der Waals surface area contributed by atoms with Crippen LogP contribution in [-0.2, 0) is 37.0 Å². The molecule has 0 heterocycles. The molecule has 32 heavy (non-hydrogen) atoms. The second kappa shape index (κ2) is 13.1. The maximum Gasteiger partial charge on any atom is 0.264 e. The minimum absolute atomic E-state index is 0.0000485. The van der Waals surface area contributed by atoms with Crippen LogP contribution >= 0.6 is 0 Å². The highest BCUT2D eigenvalue weighted by atomic mass is 32.2. The molecule has 0 fully saturated rings. The fraction of sp³-hybridized carbons (Fsp3) is 0.429. The molecule has 2 rings (SSSR count). The van der Waals surface area contributed by atoms with E-state index in [0.29, 0.717) is 0 Å². The Bertz CT molecular complexity index is 954. The maximum atomic E-state index is 11.6. The van der Waals surface area contributed by atoms with Crippen molar-refractivity contribution in [2.75, 3.05) is 19.5 Å². The molecular formula is C21H27N3O7S. The van der Waals surface area contributed by atoms with Gasteiger partial charge in [-0.1, -0.05) is 65.8 Å². The van der Waals surface area contributed by atoms with Crippen molar-refractivity contribution in [2.24, 2.45) is 5.11 Å². The van der Waals surface area contributed by atoms with Crippen LogP contribution in [0.3, 0.4) is 0 Å². The lowest BCUT2D eigenvalue weighted by atomic mass is 10.0. The molecule has 4 atom stereocenters. The van der Waals surface area contributed by atoms with E-state index in [-0.39, 0.29) is 19.8 Å². The van der Waals surface area contributed by atoms with Crippen molar-refractivity contribution in [3.8, 4) is 0 Å². The molecule has 11 heteroatoms. The molecule has 0 aliphatic heterocycles. The number of aliphatic hydroxyl groups excluding tert-OH is 2. The molecule has 0 amide bonds. The minimum atomic E-state index is -3.97. The van der Waals surface area contributed by atoms with Gasteiger partial charge in [0.2, 0.25) is 0 Å². The first-order chi connectivity index (χ1) is 15.3. The van der Waals surface area contributed by atoms with E-state index in [1.54, 1.807) is 24.3 Å². The normalized spacial score (nSPS) is 15.3. The summed E-state index contributed by atoms with van der Waals surface area (Å²) >= 11 is 0. The molecule has 0 radical (unpaired) electrons. The average molecular weight is 466 g/mol. The van der Waals surface area contributed by atoms with Gasteiger partial charge in [0.1, 0.15) is 12.2 Å². The third kappa shape index (κ3) is 8.93. The molecule has 10 nitrogen and oxygen atoms in total. The van der Waals surface area contributed by atoms with Crippen LogP contribution in [0.5, 0.6) is 0 Å². The standard InChI is InChI=1S/C21H27N3O7S/c1-32(27,28)31-19(12-25)21(30-14-17-10-6-3-7-11-17)20(26)18(23-24-22)15-29-13-16-8-4-2-5-9-16/h2-11,18-21,25-26H,12-15H2,1H3/t18-,19+,20+,21-/m0/s1. The first-order valence-corrected chi connectivity index (χ1v) is 11.6. The van der Waals surface area contributed by atoms with Crippen LogP contribution in [0.4, 0.5) is 0 Å². The Kier molecular flexibility index (Phi) is 10.6. The molecule has 0 aliphatic carbocycles. The molecular weight excluding hydrogens is 438 g/mol. The van der Waals surface area contributed by atoms with Crippen molar-refractivity contribution in [1.29, 1.82) is 0 Å². The third-order valence-electron chi connectivity index (χ3n) is 4.46. The zero-order valence-corrected chi connectivity index (χ0v) is 18.4. The Balaban J connectivity index is 2.16. The van der Waals surface area contributed by atoms with Gasteiger partial charge in [0.05, 0.1) is 44.8 Å². The number of hydrogen-bond acceptors (Lipinski definition) is 8. The molecule has 2 aromatic carbocycles. The van der Waals surface area contributed by atoms with Gasteiger partial charge in [-0.05, 0) is 16.7 Å². The smallest absolute Gasteiger partial charge is 0.264 e. The molecule has 0 spiro atoms. The summed E-state index contributed by atoms with van der Waals surface area (Å²) in [5, 5.41) is 24.2. The molecule has 0 saturated carbocycles. The quantitative estimate of drug-likeness (QED) is 0.188. The first-order valence-electron chi connectivity index (χ1n) is 9.82. The van der Waals surface area contributed by atoms with Crippen LogP contribution in [0.1, 0.15) is 11.1 Å². The van der Waals surface area contributed by atoms with Gasteiger partial charge in [-0.25, -0.2) is 0 Å². The highest BCUT2D eigenvalue weighted by Crippen LogP contribution is 2.19. The lowest BCUT2D eigenvalue weighted by Crippen LogP contribution is -2.49. The molecule has 0 aromatic heterocycles. The lowest BCUT2D eigenvalue weighted by Gasteiger charge is -2.32. The number of nitrogens with zero attached hydrogens (tertiary/aromatic N) is 3. The van der Waals surface area contributed by atoms with Crippen LogP contribution in [0.25, 0.3) is 10.4 Å². The number of benzene rings is 2. The third-order valence-corrected chi connectivity index (χ3v) is 5.06. The van der Waals surface area contributed by atoms with Crippen LogP contribution in [-0.4, -0.2) is 62.5 Å². The monoisotopic (exact) mass is 465 g/mol. The van der Waals surface area contributed by atoms with Crippen molar-refractivity contribution < 1.29 is 32.3 Å². The second-order valence-electron chi connectivity index (χ2n) is 7.05. The molecule has 2 N–H and O–H groups in total. The van der Waals surface area contributed by atoms with E-state index < -0.39 is 41.1 Å². The van der Waals surface area contributed by atoms with Gasteiger partial charge in [-0.2, -0.15) is 8.42 Å². The van der Waals surface area contributed by atoms with E-state index in [0.717, 1.165) is 17.4 Å². The fourth-order valence-corrected chi connectivity index (χ4v) is 3.58. The number of aliphatic hydroxyl groups is 2. The highest BCUT2D eigenvalue weighted by molar-refractivity contribution is 7.86. The molecule has 0 saturated heterocycles. The number of ether oxygens (including phenoxy) is 2. The molecule has 0 bridgehead atoms. The zero-order chi connectivity index (χ0) is 23.4. The Morgan fingerprint density at radius 3 is 2.09 bits per heavy atom. The molecule has 0 aliphatic rings. The van der Waals surface area contributed by atoms with Gasteiger partial charge >= 0.3 is 0 Å². The van der Waals surface area contributed by atoms with Gasteiger partial charge in [0.25, 0.3) is 10.1 Å².